The van der Waals surface area contributed by atoms with Crippen molar-refractivity contribution in [1.82, 2.24) is 15.0 Å². The van der Waals surface area contributed by atoms with Crippen LogP contribution in [0.1, 0.15) is 0 Å². The number of methoxy groups -OCH3 is 1. The molecule has 2 heterocycles. The lowest BCUT2D eigenvalue weighted by molar-refractivity contribution is 0.413. The zero-order valence-corrected chi connectivity index (χ0v) is 7.64. The fraction of sp³-hybridized carbons (Fsp3) is 0.100. The smallest absolute Gasteiger partial charge is 0.163 e. The van der Waals surface area contributed by atoms with Gasteiger partial charge in [-0.05, 0) is 12.1 Å². The molecule has 0 amide bonds. The van der Waals surface area contributed by atoms with Crippen molar-refractivity contribution >= 4 is 0 Å². The minimum absolute atomic E-state index is 0.554. The third kappa shape index (κ3) is 1.54. The number of aromatic nitrogens is 3. The quantitative estimate of drug-likeness (QED) is 0.710. The lowest BCUT2D eigenvalue weighted by atomic mass is 10.2. The first-order valence-electron chi connectivity index (χ1n) is 4.10. The van der Waals surface area contributed by atoms with E-state index in [1.165, 1.54) is 0 Å². The minimum Gasteiger partial charge on any atom is -0.494 e. The second kappa shape index (κ2) is 3.83. The van der Waals surface area contributed by atoms with Gasteiger partial charge in [0.2, 0.25) is 0 Å². The van der Waals surface area contributed by atoms with E-state index >= 15 is 0 Å². The maximum atomic E-state index is 5.10. The number of rotatable bonds is 2. The average Bonchev–Trinajstić information content (AvgIpc) is 2.30. The van der Waals surface area contributed by atoms with Gasteiger partial charge in [0.05, 0.1) is 12.7 Å². The summed E-state index contributed by atoms with van der Waals surface area (Å²) in [6.07, 6.45) is 7.73. The van der Waals surface area contributed by atoms with Gasteiger partial charge in [-0.25, -0.2) is 9.97 Å². The largest absolute Gasteiger partial charge is 0.494 e. The summed E-state index contributed by atoms with van der Waals surface area (Å²) in [5.74, 6) is 1.17. The van der Waals surface area contributed by atoms with E-state index in [2.05, 4.69) is 21.1 Å². The topological polar surface area (TPSA) is 47.9 Å². The maximum absolute atomic E-state index is 5.10. The van der Waals surface area contributed by atoms with Gasteiger partial charge in [-0.15, -0.1) is 0 Å². The third-order valence-electron chi connectivity index (χ3n) is 1.74. The molecule has 0 aliphatic rings. The van der Waals surface area contributed by atoms with Crippen LogP contribution in [0.4, 0.5) is 0 Å². The lowest BCUT2D eigenvalue weighted by Gasteiger charge is -2.04. The van der Waals surface area contributed by atoms with Gasteiger partial charge in [0.25, 0.3) is 0 Å². The molecule has 0 saturated heterocycles. The molecule has 0 bridgehead atoms. The van der Waals surface area contributed by atoms with E-state index in [9.17, 15) is 0 Å². The highest BCUT2D eigenvalue weighted by molar-refractivity contribution is 5.62. The Morgan fingerprint density at radius 1 is 1.21 bits per heavy atom. The Balaban J connectivity index is 2.51. The van der Waals surface area contributed by atoms with E-state index in [0.29, 0.717) is 11.6 Å². The Bertz CT molecular complexity index is 417. The minimum atomic E-state index is 0.554. The van der Waals surface area contributed by atoms with Gasteiger partial charge >= 0.3 is 0 Å². The van der Waals surface area contributed by atoms with Crippen molar-refractivity contribution in [2.75, 3.05) is 7.11 Å². The Kier molecular flexibility index (Phi) is 2.36. The first-order chi connectivity index (χ1) is 6.92. The highest BCUT2D eigenvalue weighted by Gasteiger charge is 2.06. The Hall–Kier alpha value is -1.97. The second-order valence-electron chi connectivity index (χ2n) is 2.58. The van der Waals surface area contributed by atoms with E-state index in [0.717, 1.165) is 5.56 Å². The molecule has 0 atom stereocenters. The predicted octanol–water partition coefficient (Wildman–Crippen LogP) is 1.35. The molecule has 2 aromatic rings. The summed E-state index contributed by atoms with van der Waals surface area (Å²) in [5, 5.41) is 0. The maximum Gasteiger partial charge on any atom is 0.163 e. The molecule has 2 rings (SSSR count). The molecule has 0 spiro atoms. The number of hydrogen-bond donors (Lipinski definition) is 0. The van der Waals surface area contributed by atoms with Gasteiger partial charge in [-0.3, -0.25) is 4.98 Å². The molecule has 0 fully saturated rings. The van der Waals surface area contributed by atoms with Crippen LogP contribution >= 0.6 is 0 Å². The van der Waals surface area contributed by atoms with Crippen LogP contribution in [0, 0.1) is 6.20 Å². The standard InChI is InChI=1S/C10H8N3O/c1-14-9-7-11-6-3-8(9)10-12-4-2-5-13-10/h2-6H,1H3. The molecule has 0 unspecified atom stereocenters. The summed E-state index contributed by atoms with van der Waals surface area (Å²) < 4.78 is 5.10. The molecule has 2 aromatic heterocycles. The van der Waals surface area contributed by atoms with E-state index in [1.54, 1.807) is 37.8 Å². The predicted molar refractivity (Wildman–Crippen MR) is 50.7 cm³/mol. The fourth-order valence-electron chi connectivity index (χ4n) is 1.11. The van der Waals surface area contributed by atoms with Crippen molar-refractivity contribution in [2.24, 2.45) is 0 Å². The fourth-order valence-corrected chi connectivity index (χ4v) is 1.11. The molecule has 0 N–H and O–H groups in total. The Morgan fingerprint density at radius 3 is 2.71 bits per heavy atom. The highest BCUT2D eigenvalue weighted by atomic mass is 16.5. The number of ether oxygens (including phenoxy) is 1. The molecular formula is C10H8N3O. The number of nitrogens with zero attached hydrogens (tertiary/aromatic N) is 3. The van der Waals surface area contributed by atoms with Crippen molar-refractivity contribution in [3.05, 3.63) is 36.9 Å². The molecule has 0 saturated carbocycles. The van der Waals surface area contributed by atoms with Crippen molar-refractivity contribution in [1.29, 1.82) is 0 Å². The molecule has 4 heteroatoms. The molecule has 0 aliphatic heterocycles. The van der Waals surface area contributed by atoms with Crippen LogP contribution in [0.25, 0.3) is 11.4 Å². The molecule has 1 radical (unpaired) electrons. The summed E-state index contributed by atoms with van der Waals surface area (Å²) in [6.45, 7) is 0. The van der Waals surface area contributed by atoms with Gasteiger partial charge in [0.1, 0.15) is 6.20 Å². The Labute approximate surface area is 81.6 Å². The summed E-state index contributed by atoms with van der Waals surface area (Å²) in [7, 11) is 1.57. The monoisotopic (exact) mass is 186 g/mol. The van der Waals surface area contributed by atoms with E-state index in [4.69, 9.17) is 4.74 Å². The van der Waals surface area contributed by atoms with E-state index in [1.807, 2.05) is 0 Å². The SMILES string of the molecule is COc1[c]nccc1-c1ncccn1. The van der Waals surface area contributed by atoms with Crippen molar-refractivity contribution in [3.63, 3.8) is 0 Å². The molecule has 69 valence electrons. The number of hydrogen-bond acceptors (Lipinski definition) is 4. The van der Waals surface area contributed by atoms with Gasteiger partial charge in [-0.1, -0.05) is 0 Å². The van der Waals surface area contributed by atoms with Crippen LogP contribution in [0.15, 0.2) is 30.7 Å². The van der Waals surface area contributed by atoms with Crippen LogP contribution in [0.2, 0.25) is 0 Å². The van der Waals surface area contributed by atoms with Gasteiger partial charge in [-0.2, -0.15) is 0 Å². The van der Waals surface area contributed by atoms with Gasteiger partial charge < -0.3 is 4.74 Å². The number of pyridine rings is 1. The normalized spacial score (nSPS) is 9.79. The van der Waals surface area contributed by atoms with Crippen molar-refractivity contribution < 1.29 is 4.74 Å². The molecule has 4 nitrogen and oxygen atoms in total. The zero-order chi connectivity index (χ0) is 9.80. The highest BCUT2D eigenvalue weighted by Crippen LogP contribution is 2.24. The molecule has 0 aromatic carbocycles. The molecular weight excluding hydrogens is 178 g/mol. The van der Waals surface area contributed by atoms with Crippen molar-refractivity contribution in [2.45, 2.75) is 0 Å². The van der Waals surface area contributed by atoms with Crippen LogP contribution in [-0.4, -0.2) is 22.1 Å². The van der Waals surface area contributed by atoms with E-state index < -0.39 is 0 Å². The van der Waals surface area contributed by atoms with Crippen LogP contribution in [-0.2, 0) is 0 Å². The first kappa shape index (κ1) is 8.62. The second-order valence-corrected chi connectivity index (χ2v) is 2.58. The van der Waals surface area contributed by atoms with Crippen molar-refractivity contribution in [3.8, 4) is 17.1 Å². The van der Waals surface area contributed by atoms with Crippen LogP contribution < -0.4 is 4.74 Å². The molecule has 0 aliphatic carbocycles. The molecule has 14 heavy (non-hydrogen) atoms. The first-order valence-corrected chi connectivity index (χ1v) is 4.10. The summed E-state index contributed by atoms with van der Waals surface area (Å²) >= 11 is 0. The Morgan fingerprint density at radius 2 is 2.00 bits per heavy atom. The van der Waals surface area contributed by atoms with E-state index in [-0.39, 0.29) is 0 Å². The third-order valence-corrected chi connectivity index (χ3v) is 1.74. The van der Waals surface area contributed by atoms with Gasteiger partial charge in [0.15, 0.2) is 11.6 Å². The van der Waals surface area contributed by atoms with Gasteiger partial charge in [0, 0.05) is 18.6 Å². The van der Waals surface area contributed by atoms with Crippen LogP contribution in [0.3, 0.4) is 0 Å². The zero-order valence-electron chi connectivity index (χ0n) is 7.64. The average molecular weight is 186 g/mol. The summed E-state index contributed by atoms with van der Waals surface area (Å²) in [4.78, 5) is 12.1. The lowest BCUT2D eigenvalue weighted by Crippen LogP contribution is -1.92. The van der Waals surface area contributed by atoms with Crippen LogP contribution in [0.5, 0.6) is 5.75 Å². The summed E-state index contributed by atoms with van der Waals surface area (Å²) in [5.41, 5.74) is 0.795. The summed E-state index contributed by atoms with van der Waals surface area (Å²) in [6, 6.07) is 3.56.